The van der Waals surface area contributed by atoms with Crippen LogP contribution >= 0.6 is 0 Å². The van der Waals surface area contributed by atoms with E-state index in [1.54, 1.807) is 0 Å². The molecule has 0 aromatic rings. The number of fused-ring (bicyclic) bond motifs is 1. The van der Waals surface area contributed by atoms with Crippen LogP contribution in [-0.2, 0) is 4.79 Å². The molecule has 3 unspecified atom stereocenters. The van der Waals surface area contributed by atoms with Crippen LogP contribution in [0.3, 0.4) is 0 Å². The molecule has 2 rings (SSSR count). The molecule has 2 fully saturated rings. The van der Waals surface area contributed by atoms with Crippen molar-refractivity contribution >= 4 is 6.29 Å². The highest BCUT2D eigenvalue weighted by Crippen LogP contribution is 2.48. The Bertz CT molecular complexity index is 303. The fraction of sp³-hybridized carbons (Fsp3) is 0.929. The third-order valence-electron chi connectivity index (χ3n) is 5.49. The van der Waals surface area contributed by atoms with Crippen molar-refractivity contribution in [3.05, 3.63) is 0 Å². The van der Waals surface area contributed by atoms with E-state index >= 15 is 0 Å². The molecule has 2 saturated carbocycles. The van der Waals surface area contributed by atoms with Crippen LogP contribution in [0.2, 0.25) is 0 Å². The highest BCUT2D eigenvalue weighted by molar-refractivity contribution is 5.54. The number of nitrogens with one attached hydrogen (secondary N) is 3. The van der Waals surface area contributed by atoms with Crippen LogP contribution < -0.4 is 16.0 Å². The highest BCUT2D eigenvalue weighted by Gasteiger charge is 2.54. The zero-order valence-corrected chi connectivity index (χ0v) is 11.9. The van der Waals surface area contributed by atoms with E-state index in [2.05, 4.69) is 23.0 Å². The quantitative estimate of drug-likeness (QED) is 0.514. The minimum atomic E-state index is 0.0229. The Morgan fingerprint density at radius 1 is 1.06 bits per heavy atom. The topological polar surface area (TPSA) is 53.2 Å². The van der Waals surface area contributed by atoms with Gasteiger partial charge in [0.2, 0.25) is 0 Å². The van der Waals surface area contributed by atoms with Gasteiger partial charge < -0.3 is 20.7 Å². The van der Waals surface area contributed by atoms with Crippen molar-refractivity contribution in [2.24, 2.45) is 11.8 Å². The lowest BCUT2D eigenvalue weighted by atomic mass is 9.58. The summed E-state index contributed by atoms with van der Waals surface area (Å²) >= 11 is 0. The Labute approximate surface area is 110 Å². The first-order chi connectivity index (χ1) is 8.66. The summed E-state index contributed by atoms with van der Waals surface area (Å²) in [5.41, 5.74) is 0.142. The molecule has 0 heterocycles. The van der Waals surface area contributed by atoms with Crippen LogP contribution in [0.1, 0.15) is 38.5 Å². The maximum atomic E-state index is 11.1. The molecular formula is C14H27N3O. The second kappa shape index (κ2) is 5.27. The summed E-state index contributed by atoms with van der Waals surface area (Å²) in [7, 11) is 6.16. The van der Waals surface area contributed by atoms with E-state index in [1.165, 1.54) is 19.3 Å². The maximum absolute atomic E-state index is 11.1. The molecule has 18 heavy (non-hydrogen) atoms. The minimum absolute atomic E-state index is 0.0229. The van der Waals surface area contributed by atoms with Gasteiger partial charge in [-0.3, -0.25) is 0 Å². The fourth-order valence-corrected chi connectivity index (χ4v) is 4.46. The van der Waals surface area contributed by atoms with Crippen molar-refractivity contribution in [2.45, 2.75) is 49.7 Å². The average molecular weight is 253 g/mol. The first kappa shape index (κ1) is 14.0. The minimum Gasteiger partial charge on any atom is -0.314 e. The van der Waals surface area contributed by atoms with E-state index in [-0.39, 0.29) is 17.1 Å². The molecule has 4 heteroatoms. The molecule has 2 aliphatic carbocycles. The zero-order valence-electron chi connectivity index (χ0n) is 11.9. The first-order valence-electron chi connectivity index (χ1n) is 7.18. The fourth-order valence-electron chi connectivity index (χ4n) is 4.46. The third kappa shape index (κ3) is 2.00. The van der Waals surface area contributed by atoms with Gasteiger partial charge in [0.15, 0.2) is 0 Å². The van der Waals surface area contributed by atoms with Gasteiger partial charge in [-0.25, -0.2) is 0 Å². The number of rotatable bonds is 4. The molecule has 0 aromatic carbocycles. The van der Waals surface area contributed by atoms with Crippen LogP contribution in [0.4, 0.5) is 0 Å². The summed E-state index contributed by atoms with van der Waals surface area (Å²) in [6, 6.07) is 0. The van der Waals surface area contributed by atoms with Crippen LogP contribution in [-0.4, -0.2) is 38.6 Å². The third-order valence-corrected chi connectivity index (χ3v) is 5.49. The van der Waals surface area contributed by atoms with Crippen LogP contribution in [0.25, 0.3) is 0 Å². The predicted octanol–water partition coefficient (Wildman–Crippen LogP) is 0.879. The van der Waals surface area contributed by atoms with E-state index in [1.807, 2.05) is 14.1 Å². The van der Waals surface area contributed by atoms with E-state index in [0.29, 0.717) is 5.92 Å². The van der Waals surface area contributed by atoms with E-state index in [9.17, 15) is 4.79 Å². The van der Waals surface area contributed by atoms with Gasteiger partial charge in [0.25, 0.3) is 0 Å². The molecule has 2 aliphatic rings. The molecule has 0 saturated heterocycles. The number of carbonyl (C=O) groups is 1. The molecule has 0 bridgehead atoms. The van der Waals surface area contributed by atoms with Gasteiger partial charge in [0, 0.05) is 17.4 Å². The van der Waals surface area contributed by atoms with Crippen LogP contribution in [0, 0.1) is 11.8 Å². The maximum Gasteiger partial charge on any atom is 0.123 e. The Morgan fingerprint density at radius 2 is 1.78 bits per heavy atom. The summed E-state index contributed by atoms with van der Waals surface area (Å²) < 4.78 is 0. The van der Waals surface area contributed by atoms with E-state index < -0.39 is 0 Å². The molecule has 0 radical (unpaired) electrons. The SMILES string of the molecule is CNC12CCCC(NC)(NC)C1CCC(C=O)C2. The second-order valence-electron chi connectivity index (χ2n) is 5.96. The number of hydrogen-bond acceptors (Lipinski definition) is 4. The number of hydrogen-bond donors (Lipinski definition) is 3. The van der Waals surface area contributed by atoms with Gasteiger partial charge in [-0.15, -0.1) is 0 Å². The van der Waals surface area contributed by atoms with Crippen molar-refractivity contribution in [2.75, 3.05) is 21.1 Å². The van der Waals surface area contributed by atoms with Gasteiger partial charge in [-0.2, -0.15) is 0 Å². The summed E-state index contributed by atoms with van der Waals surface area (Å²) in [5.74, 6) is 0.785. The Balaban J connectivity index is 2.30. The molecular weight excluding hydrogens is 226 g/mol. The standard InChI is InChI=1S/C14H27N3O/c1-15-13-7-4-8-14(16-2,17-3)12(13)6-5-11(9-13)10-18/h10-12,15-17H,4-9H2,1-3H3. The molecule has 3 N–H and O–H groups in total. The molecule has 104 valence electrons. The summed E-state index contributed by atoms with van der Waals surface area (Å²) in [4.78, 5) is 11.1. The predicted molar refractivity (Wildman–Crippen MR) is 73.4 cm³/mol. The van der Waals surface area contributed by atoms with Crippen molar-refractivity contribution in [3.8, 4) is 0 Å². The lowest BCUT2D eigenvalue weighted by Crippen LogP contribution is -2.72. The van der Waals surface area contributed by atoms with Gasteiger partial charge >= 0.3 is 0 Å². The van der Waals surface area contributed by atoms with Crippen LogP contribution in [0.15, 0.2) is 0 Å². The first-order valence-corrected chi connectivity index (χ1v) is 7.18. The molecule has 0 spiro atoms. The Kier molecular flexibility index (Phi) is 4.09. The van der Waals surface area contributed by atoms with Gasteiger partial charge in [0.1, 0.15) is 6.29 Å². The lowest BCUT2D eigenvalue weighted by molar-refractivity contribution is -0.115. The second-order valence-corrected chi connectivity index (χ2v) is 5.96. The molecule has 0 aromatic heterocycles. The van der Waals surface area contributed by atoms with Crippen molar-refractivity contribution in [1.29, 1.82) is 0 Å². The van der Waals surface area contributed by atoms with Gasteiger partial charge in [-0.05, 0) is 59.7 Å². The molecule has 0 amide bonds. The van der Waals surface area contributed by atoms with Crippen molar-refractivity contribution in [1.82, 2.24) is 16.0 Å². The largest absolute Gasteiger partial charge is 0.314 e. The molecule has 0 aliphatic heterocycles. The summed E-state index contributed by atoms with van der Waals surface area (Å²) in [6.07, 6.45) is 7.84. The van der Waals surface area contributed by atoms with Crippen LogP contribution in [0.5, 0.6) is 0 Å². The Morgan fingerprint density at radius 3 is 2.33 bits per heavy atom. The monoisotopic (exact) mass is 253 g/mol. The van der Waals surface area contributed by atoms with Crippen molar-refractivity contribution in [3.63, 3.8) is 0 Å². The number of aldehydes is 1. The van der Waals surface area contributed by atoms with Crippen molar-refractivity contribution < 1.29 is 4.79 Å². The zero-order chi connectivity index (χ0) is 13.2. The lowest BCUT2D eigenvalue weighted by Gasteiger charge is -2.58. The smallest absolute Gasteiger partial charge is 0.123 e. The van der Waals surface area contributed by atoms with Gasteiger partial charge in [0.05, 0.1) is 5.66 Å². The van der Waals surface area contributed by atoms with Gasteiger partial charge in [-0.1, -0.05) is 0 Å². The van der Waals surface area contributed by atoms with E-state index in [4.69, 9.17) is 0 Å². The molecule has 4 nitrogen and oxygen atoms in total. The van der Waals surface area contributed by atoms with E-state index in [0.717, 1.165) is 25.5 Å². The normalized spacial score (nSPS) is 39.1. The number of carbonyl (C=O) groups excluding carboxylic acids is 1. The summed E-state index contributed by atoms with van der Waals surface area (Å²) in [6.45, 7) is 0. The average Bonchev–Trinajstić information content (AvgIpc) is 2.45. The highest BCUT2D eigenvalue weighted by atomic mass is 16.1. The Hall–Kier alpha value is -0.450. The molecule has 3 atom stereocenters. The summed E-state index contributed by atoms with van der Waals surface area (Å²) in [5, 5.41) is 10.6.